The highest BCUT2D eigenvalue weighted by Gasteiger charge is 1.90. The number of hydrogen-bond acceptors (Lipinski definition) is 2. The normalized spacial score (nSPS) is 11.0. The van der Waals surface area contributed by atoms with Crippen LogP contribution in [0.1, 0.15) is 5.56 Å². The maximum Gasteiger partial charge on any atom is 0.328 e. The van der Waals surface area contributed by atoms with Gasteiger partial charge in [-0.05, 0) is 17.7 Å². The Bertz CT molecular complexity index is 392. The van der Waals surface area contributed by atoms with Gasteiger partial charge >= 0.3 is 5.97 Å². The highest BCUT2D eigenvalue weighted by molar-refractivity contribution is 5.80. The van der Waals surface area contributed by atoms with Crippen LogP contribution in [0.4, 0.5) is 0 Å². The van der Waals surface area contributed by atoms with Crippen LogP contribution in [0, 0.1) is 0 Å². The van der Waals surface area contributed by atoms with E-state index < -0.39 is 5.97 Å². The molecule has 0 saturated carbocycles. The molecule has 0 aliphatic rings. The topological polar surface area (TPSA) is 46.5 Å². The van der Waals surface area contributed by atoms with Gasteiger partial charge in [-0.15, -0.1) is 0 Å². The van der Waals surface area contributed by atoms with Gasteiger partial charge in [-0.3, -0.25) is 0 Å². The molecule has 3 nitrogen and oxygen atoms in total. The third-order valence-corrected chi connectivity index (χ3v) is 1.73. The summed E-state index contributed by atoms with van der Waals surface area (Å²) in [6.45, 7) is 0. The van der Waals surface area contributed by atoms with E-state index in [0.29, 0.717) is 0 Å². The van der Waals surface area contributed by atoms with Crippen LogP contribution in [0.25, 0.3) is 6.08 Å². The molecule has 15 heavy (non-hydrogen) atoms. The Kier molecular flexibility index (Phi) is 4.16. The fourth-order valence-electron chi connectivity index (χ4n) is 1.05. The zero-order chi connectivity index (χ0) is 11.1. The van der Waals surface area contributed by atoms with Crippen molar-refractivity contribution in [3.63, 3.8) is 0 Å². The molecular weight excluding hydrogens is 192 g/mol. The molecule has 3 heteroatoms. The Labute approximate surface area is 88.3 Å². The maximum absolute atomic E-state index is 10.2. The summed E-state index contributed by atoms with van der Waals surface area (Å²) in [5.74, 6) is -0.176. The van der Waals surface area contributed by atoms with Crippen molar-refractivity contribution in [1.29, 1.82) is 0 Å². The number of allylic oxidation sites excluding steroid dienone is 2. The number of methoxy groups -OCH3 is 1. The van der Waals surface area contributed by atoms with Gasteiger partial charge in [0.05, 0.1) is 7.11 Å². The van der Waals surface area contributed by atoms with Crippen LogP contribution in [0.3, 0.4) is 0 Å². The van der Waals surface area contributed by atoms with Crippen LogP contribution in [0.5, 0.6) is 5.75 Å². The van der Waals surface area contributed by atoms with Gasteiger partial charge in [0.1, 0.15) is 5.75 Å². The molecule has 0 aliphatic heterocycles. The van der Waals surface area contributed by atoms with Gasteiger partial charge < -0.3 is 9.84 Å². The van der Waals surface area contributed by atoms with Crippen molar-refractivity contribution in [1.82, 2.24) is 0 Å². The predicted molar refractivity (Wildman–Crippen MR) is 58.8 cm³/mol. The standard InChI is InChI=1S/C12H12O3/c1-15-11-7-4-6-10(9-11)5-2-3-8-12(13)14/h2-9H,1H3,(H,13,14)/b5-2+,8-3-. The average molecular weight is 204 g/mol. The molecule has 0 amide bonds. The highest BCUT2D eigenvalue weighted by Crippen LogP contribution is 2.13. The summed E-state index contributed by atoms with van der Waals surface area (Å²) in [5, 5.41) is 8.35. The highest BCUT2D eigenvalue weighted by atomic mass is 16.5. The van der Waals surface area contributed by atoms with E-state index in [1.807, 2.05) is 30.3 Å². The minimum absolute atomic E-state index is 0.777. The van der Waals surface area contributed by atoms with Gasteiger partial charge in [0.15, 0.2) is 0 Å². The SMILES string of the molecule is COc1cccc(/C=C/C=C\C(=O)O)c1. The number of aliphatic carboxylic acids is 1. The zero-order valence-electron chi connectivity index (χ0n) is 8.38. The summed E-state index contributed by atoms with van der Waals surface area (Å²) in [6.07, 6.45) is 6.03. The maximum atomic E-state index is 10.2. The second-order valence-electron chi connectivity index (χ2n) is 2.83. The summed E-state index contributed by atoms with van der Waals surface area (Å²) >= 11 is 0. The van der Waals surface area contributed by atoms with Crippen LogP contribution in [0.15, 0.2) is 42.5 Å². The summed E-state index contributed by atoms with van der Waals surface area (Å²) < 4.78 is 5.05. The Morgan fingerprint density at radius 2 is 2.20 bits per heavy atom. The first-order chi connectivity index (χ1) is 7.22. The van der Waals surface area contributed by atoms with E-state index in [0.717, 1.165) is 17.4 Å². The number of carboxylic acids is 1. The van der Waals surface area contributed by atoms with E-state index in [2.05, 4.69) is 0 Å². The van der Waals surface area contributed by atoms with Crippen molar-refractivity contribution in [2.75, 3.05) is 7.11 Å². The molecule has 1 N–H and O–H groups in total. The van der Waals surface area contributed by atoms with E-state index >= 15 is 0 Å². The van der Waals surface area contributed by atoms with Crippen LogP contribution < -0.4 is 4.74 Å². The molecule has 0 saturated heterocycles. The van der Waals surface area contributed by atoms with Crippen molar-refractivity contribution >= 4 is 12.0 Å². The zero-order valence-corrected chi connectivity index (χ0v) is 8.38. The number of ether oxygens (including phenoxy) is 1. The second kappa shape index (κ2) is 5.65. The molecule has 0 fully saturated rings. The number of rotatable bonds is 4. The molecule has 0 atom stereocenters. The predicted octanol–water partition coefficient (Wildman–Crippen LogP) is 2.35. The van der Waals surface area contributed by atoms with Crippen molar-refractivity contribution in [2.45, 2.75) is 0 Å². The van der Waals surface area contributed by atoms with Crippen LogP contribution in [0.2, 0.25) is 0 Å². The third kappa shape index (κ3) is 4.13. The lowest BCUT2D eigenvalue weighted by Crippen LogP contribution is -1.84. The lowest BCUT2D eigenvalue weighted by Gasteiger charge is -1.99. The Morgan fingerprint density at radius 1 is 1.40 bits per heavy atom. The van der Waals surface area contributed by atoms with Gasteiger partial charge in [0, 0.05) is 6.08 Å². The van der Waals surface area contributed by atoms with E-state index in [9.17, 15) is 4.79 Å². The van der Waals surface area contributed by atoms with Gasteiger partial charge in [0.25, 0.3) is 0 Å². The molecule has 0 spiro atoms. The molecule has 1 aromatic carbocycles. The Morgan fingerprint density at radius 3 is 2.87 bits per heavy atom. The first-order valence-electron chi connectivity index (χ1n) is 4.44. The van der Waals surface area contributed by atoms with E-state index in [-0.39, 0.29) is 0 Å². The first-order valence-corrected chi connectivity index (χ1v) is 4.44. The van der Waals surface area contributed by atoms with Crippen molar-refractivity contribution in [3.8, 4) is 5.75 Å². The van der Waals surface area contributed by atoms with Gasteiger partial charge in [0.2, 0.25) is 0 Å². The monoisotopic (exact) mass is 204 g/mol. The van der Waals surface area contributed by atoms with Gasteiger partial charge in [-0.2, -0.15) is 0 Å². The Balaban J connectivity index is 2.67. The number of benzene rings is 1. The van der Waals surface area contributed by atoms with Crippen LogP contribution in [-0.4, -0.2) is 18.2 Å². The van der Waals surface area contributed by atoms with E-state index in [4.69, 9.17) is 9.84 Å². The molecule has 1 aromatic rings. The molecular formula is C12H12O3. The average Bonchev–Trinajstić information content (AvgIpc) is 2.24. The molecule has 0 aliphatic carbocycles. The second-order valence-corrected chi connectivity index (χ2v) is 2.83. The summed E-state index contributed by atoms with van der Waals surface area (Å²) in [5.41, 5.74) is 0.962. The van der Waals surface area contributed by atoms with E-state index in [1.54, 1.807) is 13.2 Å². The summed E-state index contributed by atoms with van der Waals surface area (Å²) in [4.78, 5) is 10.2. The van der Waals surface area contributed by atoms with Crippen molar-refractivity contribution < 1.29 is 14.6 Å². The minimum Gasteiger partial charge on any atom is -0.497 e. The molecule has 0 unspecified atom stereocenters. The van der Waals surface area contributed by atoms with Crippen LogP contribution >= 0.6 is 0 Å². The molecule has 78 valence electrons. The molecule has 0 radical (unpaired) electrons. The van der Waals surface area contributed by atoms with Crippen molar-refractivity contribution in [2.24, 2.45) is 0 Å². The lowest BCUT2D eigenvalue weighted by molar-refractivity contribution is -0.131. The number of carbonyl (C=O) groups is 1. The fraction of sp³-hybridized carbons (Fsp3) is 0.0833. The summed E-state index contributed by atoms with van der Waals surface area (Å²) in [7, 11) is 1.60. The first kappa shape index (κ1) is 11.0. The van der Waals surface area contributed by atoms with Gasteiger partial charge in [-0.25, -0.2) is 4.79 Å². The largest absolute Gasteiger partial charge is 0.497 e. The fourth-order valence-corrected chi connectivity index (χ4v) is 1.05. The quantitative estimate of drug-likeness (QED) is 0.605. The lowest BCUT2D eigenvalue weighted by atomic mass is 10.2. The van der Waals surface area contributed by atoms with Crippen LogP contribution in [-0.2, 0) is 4.79 Å². The Hall–Kier alpha value is -2.03. The minimum atomic E-state index is -0.953. The summed E-state index contributed by atoms with van der Waals surface area (Å²) in [6, 6.07) is 7.50. The molecule has 0 aromatic heterocycles. The van der Waals surface area contributed by atoms with E-state index in [1.165, 1.54) is 6.08 Å². The molecule has 0 heterocycles. The number of hydrogen-bond donors (Lipinski definition) is 1. The molecule has 1 rings (SSSR count). The van der Waals surface area contributed by atoms with Crippen molar-refractivity contribution in [3.05, 3.63) is 48.1 Å². The number of carboxylic acid groups (broad SMARTS) is 1. The smallest absolute Gasteiger partial charge is 0.328 e. The molecule has 0 bridgehead atoms. The third-order valence-electron chi connectivity index (χ3n) is 1.73. The van der Waals surface area contributed by atoms with Gasteiger partial charge in [-0.1, -0.05) is 30.4 Å².